The maximum atomic E-state index is 12.4. The van der Waals surface area contributed by atoms with Crippen molar-refractivity contribution in [3.8, 4) is 0 Å². The number of esters is 1. The van der Waals surface area contributed by atoms with Crippen LogP contribution in [-0.2, 0) is 27.8 Å². The molecule has 1 heterocycles. The first-order chi connectivity index (χ1) is 14.3. The summed E-state index contributed by atoms with van der Waals surface area (Å²) in [5, 5.41) is 5.44. The summed E-state index contributed by atoms with van der Waals surface area (Å²) in [6.45, 7) is 1.40. The molecule has 1 saturated carbocycles. The van der Waals surface area contributed by atoms with Crippen molar-refractivity contribution in [2.24, 2.45) is 7.05 Å². The largest absolute Gasteiger partial charge is 0.453 e. The summed E-state index contributed by atoms with van der Waals surface area (Å²) >= 11 is 0. The van der Waals surface area contributed by atoms with E-state index < -0.39 is 24.0 Å². The maximum absolute atomic E-state index is 12.4. The summed E-state index contributed by atoms with van der Waals surface area (Å²) in [6, 6.07) is 6.49. The van der Waals surface area contributed by atoms with Crippen LogP contribution in [0.1, 0.15) is 44.9 Å². The highest BCUT2D eigenvalue weighted by atomic mass is 16.5. The molecule has 0 spiro atoms. The van der Waals surface area contributed by atoms with E-state index >= 15 is 0 Å². The van der Waals surface area contributed by atoms with E-state index in [0.29, 0.717) is 16.7 Å². The quantitative estimate of drug-likeness (QED) is 0.693. The standard InChI is InChI=1S/C21H26N4O5/c1-13(19(27)24-21(29)22-14-7-3-4-8-14)30-18(26)12-11-17-23-16-10-6-5-9-15(16)20(28)25(17)2/h5-6,9-10,13-14H,3-4,7-8,11-12H2,1-2H3,(H2,22,24,27,29)/t13-/m0/s1. The Morgan fingerprint density at radius 1 is 1.23 bits per heavy atom. The fourth-order valence-electron chi connectivity index (χ4n) is 3.52. The summed E-state index contributed by atoms with van der Waals surface area (Å²) in [5.74, 6) is -0.852. The van der Waals surface area contributed by atoms with Crippen molar-refractivity contribution in [3.05, 3.63) is 40.4 Å². The van der Waals surface area contributed by atoms with Gasteiger partial charge in [0.05, 0.1) is 17.3 Å². The van der Waals surface area contributed by atoms with Crippen molar-refractivity contribution < 1.29 is 19.1 Å². The van der Waals surface area contributed by atoms with Crippen molar-refractivity contribution in [1.82, 2.24) is 20.2 Å². The molecular formula is C21H26N4O5. The van der Waals surface area contributed by atoms with Crippen LogP contribution in [0, 0.1) is 0 Å². The number of urea groups is 1. The molecule has 9 heteroatoms. The molecule has 3 rings (SSSR count). The highest BCUT2D eigenvalue weighted by molar-refractivity contribution is 5.97. The molecule has 1 fully saturated rings. The van der Waals surface area contributed by atoms with Crippen molar-refractivity contribution in [2.75, 3.05) is 0 Å². The van der Waals surface area contributed by atoms with Gasteiger partial charge < -0.3 is 10.1 Å². The lowest BCUT2D eigenvalue weighted by Crippen LogP contribution is -2.47. The van der Waals surface area contributed by atoms with E-state index in [4.69, 9.17) is 4.74 Å². The number of benzene rings is 1. The molecule has 3 amide bonds. The Morgan fingerprint density at radius 3 is 2.67 bits per heavy atom. The molecule has 0 saturated heterocycles. The van der Waals surface area contributed by atoms with Crippen LogP contribution in [0.4, 0.5) is 4.79 Å². The predicted molar refractivity (Wildman–Crippen MR) is 110 cm³/mol. The second-order valence-electron chi connectivity index (χ2n) is 7.49. The first kappa shape index (κ1) is 21.5. The lowest BCUT2D eigenvalue weighted by molar-refractivity contribution is -0.154. The van der Waals surface area contributed by atoms with Gasteiger partial charge in [0.2, 0.25) is 0 Å². The van der Waals surface area contributed by atoms with E-state index in [1.165, 1.54) is 11.5 Å². The molecule has 1 atom stereocenters. The fourth-order valence-corrected chi connectivity index (χ4v) is 3.52. The van der Waals surface area contributed by atoms with Crippen molar-refractivity contribution in [3.63, 3.8) is 0 Å². The third kappa shape index (κ3) is 5.22. The Kier molecular flexibility index (Phi) is 6.81. The minimum atomic E-state index is -1.11. The van der Waals surface area contributed by atoms with Gasteiger partial charge in [0.15, 0.2) is 6.10 Å². The topological polar surface area (TPSA) is 119 Å². The van der Waals surface area contributed by atoms with Gasteiger partial charge in [-0.2, -0.15) is 0 Å². The molecule has 9 nitrogen and oxygen atoms in total. The third-order valence-corrected chi connectivity index (χ3v) is 5.23. The molecule has 160 valence electrons. The van der Waals surface area contributed by atoms with Crippen LogP contribution in [0.25, 0.3) is 10.9 Å². The fraction of sp³-hybridized carbons (Fsp3) is 0.476. The Labute approximate surface area is 173 Å². The van der Waals surface area contributed by atoms with Gasteiger partial charge in [-0.3, -0.25) is 24.3 Å². The van der Waals surface area contributed by atoms with E-state index in [1.807, 2.05) is 0 Å². The Morgan fingerprint density at radius 2 is 1.93 bits per heavy atom. The smallest absolute Gasteiger partial charge is 0.321 e. The van der Waals surface area contributed by atoms with Crippen LogP contribution in [0.5, 0.6) is 0 Å². The van der Waals surface area contributed by atoms with Crippen molar-refractivity contribution >= 4 is 28.8 Å². The first-order valence-electron chi connectivity index (χ1n) is 10.1. The lowest BCUT2D eigenvalue weighted by Gasteiger charge is -2.15. The molecule has 0 bridgehead atoms. The number of nitrogens with one attached hydrogen (secondary N) is 2. The minimum Gasteiger partial charge on any atom is -0.453 e. The monoisotopic (exact) mass is 414 g/mol. The predicted octanol–water partition coefficient (Wildman–Crippen LogP) is 1.57. The molecule has 0 unspecified atom stereocenters. The molecule has 0 radical (unpaired) electrons. The highest BCUT2D eigenvalue weighted by Crippen LogP contribution is 2.17. The van der Waals surface area contributed by atoms with E-state index in [9.17, 15) is 19.2 Å². The number of imide groups is 1. The zero-order valence-electron chi connectivity index (χ0n) is 17.1. The number of amides is 3. The zero-order valence-corrected chi connectivity index (χ0v) is 17.1. The number of hydrogen-bond acceptors (Lipinski definition) is 6. The number of hydrogen-bond donors (Lipinski definition) is 2. The van der Waals surface area contributed by atoms with Gasteiger partial charge >= 0.3 is 12.0 Å². The van der Waals surface area contributed by atoms with Gasteiger partial charge in [-0.15, -0.1) is 0 Å². The summed E-state index contributed by atoms with van der Waals surface area (Å²) < 4.78 is 6.52. The number of aryl methyl sites for hydroxylation is 1. The lowest BCUT2D eigenvalue weighted by atomic mass is 10.2. The van der Waals surface area contributed by atoms with E-state index in [-0.39, 0.29) is 24.4 Å². The number of rotatable bonds is 6. The number of carbonyl (C=O) groups is 3. The molecule has 1 aromatic heterocycles. The maximum Gasteiger partial charge on any atom is 0.321 e. The van der Waals surface area contributed by atoms with Gasteiger partial charge in [0.1, 0.15) is 5.82 Å². The van der Waals surface area contributed by atoms with Crippen LogP contribution in [0.3, 0.4) is 0 Å². The van der Waals surface area contributed by atoms with Crippen LogP contribution < -0.4 is 16.2 Å². The van der Waals surface area contributed by atoms with E-state index in [1.54, 1.807) is 31.3 Å². The number of nitrogens with zero attached hydrogens (tertiary/aromatic N) is 2. The van der Waals surface area contributed by atoms with Gasteiger partial charge in [-0.1, -0.05) is 25.0 Å². The van der Waals surface area contributed by atoms with Gasteiger partial charge in [0, 0.05) is 19.5 Å². The van der Waals surface area contributed by atoms with Crippen LogP contribution in [0.15, 0.2) is 29.1 Å². The summed E-state index contributed by atoms with van der Waals surface area (Å²) in [4.78, 5) is 52.9. The average molecular weight is 414 g/mol. The summed E-state index contributed by atoms with van der Waals surface area (Å²) in [6.07, 6.45) is 2.95. The number of fused-ring (bicyclic) bond motifs is 1. The van der Waals surface area contributed by atoms with Crippen LogP contribution in [-0.4, -0.2) is 39.6 Å². The summed E-state index contributed by atoms with van der Waals surface area (Å²) in [7, 11) is 1.60. The second kappa shape index (κ2) is 9.51. The molecular weight excluding hydrogens is 388 g/mol. The highest BCUT2D eigenvalue weighted by Gasteiger charge is 2.23. The molecule has 1 aromatic carbocycles. The number of ether oxygens (including phenoxy) is 1. The molecule has 0 aliphatic heterocycles. The van der Waals surface area contributed by atoms with Gasteiger partial charge in [-0.25, -0.2) is 9.78 Å². The molecule has 1 aliphatic rings. The second-order valence-corrected chi connectivity index (χ2v) is 7.49. The van der Waals surface area contributed by atoms with Crippen molar-refractivity contribution in [1.29, 1.82) is 0 Å². The first-order valence-corrected chi connectivity index (χ1v) is 10.1. The SMILES string of the molecule is C[C@H](OC(=O)CCc1nc2ccccc2c(=O)n1C)C(=O)NC(=O)NC1CCCC1. The van der Waals surface area contributed by atoms with E-state index in [2.05, 4.69) is 15.6 Å². The van der Waals surface area contributed by atoms with Crippen LogP contribution >= 0.6 is 0 Å². The molecule has 30 heavy (non-hydrogen) atoms. The zero-order chi connectivity index (χ0) is 21.7. The minimum absolute atomic E-state index is 0.0511. The normalized spacial score (nSPS) is 15.0. The summed E-state index contributed by atoms with van der Waals surface area (Å²) in [5.41, 5.74) is 0.370. The van der Waals surface area contributed by atoms with Crippen molar-refractivity contribution in [2.45, 2.75) is 57.6 Å². The number of aromatic nitrogens is 2. The van der Waals surface area contributed by atoms with Gasteiger partial charge in [-0.05, 0) is 31.9 Å². The third-order valence-electron chi connectivity index (χ3n) is 5.23. The molecule has 2 N–H and O–H groups in total. The Hall–Kier alpha value is -3.23. The Bertz CT molecular complexity index is 1010. The Balaban J connectivity index is 1.51. The van der Waals surface area contributed by atoms with Gasteiger partial charge in [0.25, 0.3) is 11.5 Å². The van der Waals surface area contributed by atoms with E-state index in [0.717, 1.165) is 25.7 Å². The number of carbonyl (C=O) groups excluding carboxylic acids is 3. The molecule has 1 aliphatic carbocycles. The average Bonchev–Trinajstić information content (AvgIpc) is 3.22. The molecule has 2 aromatic rings. The number of para-hydroxylation sites is 1. The van der Waals surface area contributed by atoms with Crippen LogP contribution in [0.2, 0.25) is 0 Å².